The quantitative estimate of drug-likeness (QED) is 0.649. The van der Waals surface area contributed by atoms with Crippen molar-refractivity contribution < 1.29 is 9.53 Å². The summed E-state index contributed by atoms with van der Waals surface area (Å²) >= 11 is 1.70. The smallest absolute Gasteiger partial charge is 0.340 e. The van der Waals surface area contributed by atoms with Gasteiger partial charge in [-0.05, 0) is 29.5 Å². The second-order valence-corrected chi connectivity index (χ2v) is 6.12. The van der Waals surface area contributed by atoms with Gasteiger partial charge in [0.1, 0.15) is 0 Å². The lowest BCUT2D eigenvalue weighted by Crippen LogP contribution is -2.17. The van der Waals surface area contributed by atoms with Crippen molar-refractivity contribution in [1.82, 2.24) is 0 Å². The van der Waals surface area contributed by atoms with Crippen molar-refractivity contribution in [3.63, 3.8) is 0 Å². The Morgan fingerprint density at radius 1 is 1.29 bits per heavy atom. The van der Waals surface area contributed by atoms with Crippen molar-refractivity contribution >= 4 is 28.7 Å². The van der Waals surface area contributed by atoms with Crippen molar-refractivity contribution in [2.75, 3.05) is 18.2 Å². The van der Waals surface area contributed by atoms with Gasteiger partial charge in [-0.15, -0.1) is 11.3 Å². The van der Waals surface area contributed by atoms with Gasteiger partial charge in [0, 0.05) is 4.88 Å². The van der Waals surface area contributed by atoms with Gasteiger partial charge in [0.25, 0.3) is 0 Å². The van der Waals surface area contributed by atoms with Crippen LogP contribution in [0.5, 0.6) is 0 Å². The molecule has 5 heteroatoms. The molecule has 0 saturated heterocycles. The number of methoxy groups -OCH3 is 1. The zero-order valence-electron chi connectivity index (χ0n) is 12.4. The van der Waals surface area contributed by atoms with E-state index >= 15 is 0 Å². The number of nitrogen functional groups attached to an aromatic ring is 1. The minimum atomic E-state index is -0.423. The van der Waals surface area contributed by atoms with Crippen molar-refractivity contribution in [3.05, 3.63) is 46.2 Å². The standard InChI is InChI=1S/C16H20N2O2S/c1-10(2)15(13-8-5-9-21-13)18-12-7-4-6-11(14(12)17)16(19)20-3/h4-10,15,18H,17H2,1-3H3. The summed E-state index contributed by atoms with van der Waals surface area (Å²) in [6, 6.07) is 9.64. The minimum absolute atomic E-state index is 0.153. The zero-order valence-corrected chi connectivity index (χ0v) is 13.2. The van der Waals surface area contributed by atoms with E-state index in [1.165, 1.54) is 12.0 Å². The molecule has 0 aliphatic rings. The zero-order chi connectivity index (χ0) is 15.4. The highest BCUT2D eigenvalue weighted by atomic mass is 32.1. The van der Waals surface area contributed by atoms with E-state index in [9.17, 15) is 4.79 Å². The van der Waals surface area contributed by atoms with Crippen molar-refractivity contribution in [3.8, 4) is 0 Å². The molecule has 0 amide bonds. The number of rotatable bonds is 5. The Morgan fingerprint density at radius 2 is 2.05 bits per heavy atom. The predicted octanol–water partition coefficient (Wildman–Crippen LogP) is 3.93. The van der Waals surface area contributed by atoms with Gasteiger partial charge in [0.2, 0.25) is 0 Å². The molecule has 1 aromatic heterocycles. The van der Waals surface area contributed by atoms with Gasteiger partial charge in [-0.2, -0.15) is 0 Å². The first-order valence-electron chi connectivity index (χ1n) is 6.81. The number of hydrogen-bond donors (Lipinski definition) is 2. The molecule has 0 aliphatic heterocycles. The van der Waals surface area contributed by atoms with Crippen LogP contribution in [0.15, 0.2) is 35.7 Å². The molecule has 2 aromatic rings. The molecule has 0 spiro atoms. The van der Waals surface area contributed by atoms with E-state index in [2.05, 4.69) is 30.6 Å². The normalized spacial score (nSPS) is 12.2. The number of carbonyl (C=O) groups excluding carboxylic acids is 1. The number of nitrogens with one attached hydrogen (secondary N) is 1. The van der Waals surface area contributed by atoms with Gasteiger partial charge in [0.05, 0.1) is 30.1 Å². The summed E-state index contributed by atoms with van der Waals surface area (Å²) < 4.78 is 4.75. The Kier molecular flexibility index (Phi) is 4.85. The summed E-state index contributed by atoms with van der Waals surface area (Å²) in [4.78, 5) is 13.0. The molecule has 0 fully saturated rings. The fourth-order valence-corrected chi connectivity index (χ4v) is 3.13. The molecule has 0 bridgehead atoms. The fraction of sp³-hybridized carbons (Fsp3) is 0.312. The Hall–Kier alpha value is -2.01. The number of benzene rings is 1. The largest absolute Gasteiger partial charge is 0.465 e. The van der Waals surface area contributed by atoms with Crippen LogP contribution in [0.2, 0.25) is 0 Å². The molecule has 4 nitrogen and oxygen atoms in total. The van der Waals surface area contributed by atoms with Crippen LogP contribution in [0, 0.1) is 5.92 Å². The first kappa shape index (κ1) is 15.4. The summed E-state index contributed by atoms with van der Waals surface area (Å²) in [5.41, 5.74) is 7.66. The Morgan fingerprint density at radius 3 is 2.62 bits per heavy atom. The SMILES string of the molecule is COC(=O)c1cccc(NC(c2cccs2)C(C)C)c1N. The second kappa shape index (κ2) is 6.63. The van der Waals surface area contributed by atoms with Gasteiger partial charge in [-0.1, -0.05) is 26.0 Å². The van der Waals surface area contributed by atoms with Crippen molar-refractivity contribution in [1.29, 1.82) is 0 Å². The summed E-state index contributed by atoms with van der Waals surface area (Å²) in [7, 11) is 1.35. The van der Waals surface area contributed by atoms with Gasteiger partial charge < -0.3 is 15.8 Å². The summed E-state index contributed by atoms with van der Waals surface area (Å²) in [5, 5.41) is 5.50. The van der Waals surface area contributed by atoms with E-state index in [1.54, 1.807) is 23.5 Å². The van der Waals surface area contributed by atoms with E-state index in [-0.39, 0.29) is 6.04 Å². The molecule has 0 saturated carbocycles. The Balaban J connectivity index is 2.32. The maximum absolute atomic E-state index is 11.7. The highest BCUT2D eigenvalue weighted by molar-refractivity contribution is 7.10. The third kappa shape index (κ3) is 3.36. The predicted molar refractivity (Wildman–Crippen MR) is 87.7 cm³/mol. The van der Waals surface area contributed by atoms with Crippen LogP contribution in [0.1, 0.15) is 35.1 Å². The lowest BCUT2D eigenvalue weighted by atomic mass is 10.0. The number of hydrogen-bond acceptors (Lipinski definition) is 5. The van der Waals surface area contributed by atoms with Gasteiger partial charge in [-0.25, -0.2) is 4.79 Å². The number of thiophene rings is 1. The summed E-state index contributed by atoms with van der Waals surface area (Å²) in [5.74, 6) is -0.0294. The first-order chi connectivity index (χ1) is 10.0. The number of anilines is 2. The second-order valence-electron chi connectivity index (χ2n) is 5.14. The van der Waals surface area contributed by atoms with Crippen LogP contribution in [0.4, 0.5) is 11.4 Å². The molecule has 1 unspecified atom stereocenters. The molecule has 1 atom stereocenters. The molecule has 0 radical (unpaired) electrons. The highest BCUT2D eigenvalue weighted by Gasteiger charge is 2.19. The van der Waals surface area contributed by atoms with Crippen molar-refractivity contribution in [2.24, 2.45) is 5.92 Å². The number of esters is 1. The van der Waals surface area contributed by atoms with Gasteiger partial charge >= 0.3 is 5.97 Å². The van der Waals surface area contributed by atoms with Crippen LogP contribution in [-0.2, 0) is 4.74 Å². The Bertz CT molecular complexity index is 609. The Labute approximate surface area is 128 Å². The topological polar surface area (TPSA) is 64.3 Å². The maximum atomic E-state index is 11.7. The van der Waals surface area contributed by atoms with Gasteiger partial charge in [-0.3, -0.25) is 0 Å². The minimum Gasteiger partial charge on any atom is -0.465 e. The maximum Gasteiger partial charge on any atom is 0.340 e. The van der Waals surface area contributed by atoms with Crippen molar-refractivity contribution in [2.45, 2.75) is 19.9 Å². The van der Waals surface area contributed by atoms with E-state index in [4.69, 9.17) is 10.5 Å². The molecule has 3 N–H and O–H groups in total. The number of carbonyl (C=O) groups is 1. The highest BCUT2D eigenvalue weighted by Crippen LogP contribution is 2.33. The number of ether oxygens (including phenoxy) is 1. The molecule has 2 rings (SSSR count). The van der Waals surface area contributed by atoms with Gasteiger partial charge in [0.15, 0.2) is 0 Å². The average Bonchev–Trinajstić information content (AvgIpc) is 2.98. The first-order valence-corrected chi connectivity index (χ1v) is 7.69. The molecular formula is C16H20N2O2S. The lowest BCUT2D eigenvalue weighted by molar-refractivity contribution is 0.0602. The van der Waals surface area contributed by atoms with Crippen LogP contribution < -0.4 is 11.1 Å². The molecule has 1 heterocycles. The molecular weight excluding hydrogens is 284 g/mol. The monoisotopic (exact) mass is 304 g/mol. The molecule has 1 aromatic carbocycles. The van der Waals surface area contributed by atoms with E-state index in [0.717, 1.165) is 5.69 Å². The summed E-state index contributed by atoms with van der Waals surface area (Å²) in [6.45, 7) is 4.30. The number of para-hydroxylation sites is 1. The lowest BCUT2D eigenvalue weighted by Gasteiger charge is -2.24. The van der Waals surface area contributed by atoms with Crippen LogP contribution in [0.25, 0.3) is 0 Å². The third-order valence-corrected chi connectivity index (χ3v) is 4.29. The van der Waals surface area contributed by atoms with E-state index in [1.807, 2.05) is 12.1 Å². The van der Waals surface area contributed by atoms with Crippen LogP contribution in [0.3, 0.4) is 0 Å². The van der Waals surface area contributed by atoms with Crippen LogP contribution in [-0.4, -0.2) is 13.1 Å². The third-order valence-electron chi connectivity index (χ3n) is 3.34. The summed E-state index contributed by atoms with van der Waals surface area (Å²) in [6.07, 6.45) is 0. The molecule has 21 heavy (non-hydrogen) atoms. The fourth-order valence-electron chi connectivity index (χ4n) is 2.18. The number of nitrogens with two attached hydrogens (primary N) is 1. The molecule has 0 aliphatic carbocycles. The van der Waals surface area contributed by atoms with E-state index in [0.29, 0.717) is 17.2 Å². The van der Waals surface area contributed by atoms with Crippen LogP contribution >= 0.6 is 11.3 Å². The van der Waals surface area contributed by atoms with E-state index < -0.39 is 5.97 Å². The average molecular weight is 304 g/mol. The molecule has 112 valence electrons.